The number of carbonyl (C=O) groups is 1. The standard InChI is InChI=1S/C25H33N3O/c1-3-23-13-7-9-21(2)25(23)26-24(29)14-16-28-19-17-27(18-20-28)15-8-12-22-10-5-4-6-11-22/h4-13H,3,14-20H2,1-2H3,(H,26,29)/b12-8+. The minimum atomic E-state index is 0.113. The summed E-state index contributed by atoms with van der Waals surface area (Å²) in [6, 6.07) is 16.6. The first-order valence-corrected chi connectivity index (χ1v) is 10.7. The van der Waals surface area contributed by atoms with Gasteiger partial charge in [0.15, 0.2) is 0 Å². The van der Waals surface area contributed by atoms with Crippen LogP contribution >= 0.6 is 0 Å². The van der Waals surface area contributed by atoms with Crippen molar-refractivity contribution in [3.8, 4) is 0 Å². The topological polar surface area (TPSA) is 35.6 Å². The third kappa shape index (κ3) is 6.55. The quantitative estimate of drug-likeness (QED) is 0.732. The van der Waals surface area contributed by atoms with E-state index >= 15 is 0 Å². The molecule has 1 aliphatic rings. The Morgan fingerprint density at radius 3 is 2.45 bits per heavy atom. The largest absolute Gasteiger partial charge is 0.326 e. The molecule has 1 fully saturated rings. The normalized spacial score (nSPS) is 15.7. The van der Waals surface area contributed by atoms with Crippen molar-refractivity contribution in [2.24, 2.45) is 0 Å². The number of aryl methyl sites for hydroxylation is 2. The average Bonchev–Trinajstić information content (AvgIpc) is 2.75. The molecule has 0 saturated carbocycles. The molecule has 3 rings (SSSR count). The van der Waals surface area contributed by atoms with Gasteiger partial charge in [0.25, 0.3) is 0 Å². The van der Waals surface area contributed by atoms with Gasteiger partial charge in [0.05, 0.1) is 0 Å². The van der Waals surface area contributed by atoms with E-state index in [0.717, 1.165) is 56.9 Å². The van der Waals surface area contributed by atoms with E-state index in [1.807, 2.05) is 6.07 Å². The molecule has 1 heterocycles. The number of nitrogens with one attached hydrogen (secondary N) is 1. The van der Waals surface area contributed by atoms with Gasteiger partial charge in [-0.2, -0.15) is 0 Å². The lowest BCUT2D eigenvalue weighted by molar-refractivity contribution is -0.116. The van der Waals surface area contributed by atoms with Crippen LogP contribution in [0.1, 0.15) is 30.0 Å². The molecular formula is C25H33N3O. The Morgan fingerprint density at radius 2 is 1.72 bits per heavy atom. The third-order valence-corrected chi connectivity index (χ3v) is 5.60. The van der Waals surface area contributed by atoms with Crippen molar-refractivity contribution in [2.45, 2.75) is 26.7 Å². The van der Waals surface area contributed by atoms with Gasteiger partial charge in [0, 0.05) is 51.4 Å². The highest BCUT2D eigenvalue weighted by Crippen LogP contribution is 2.21. The lowest BCUT2D eigenvalue weighted by Gasteiger charge is -2.34. The van der Waals surface area contributed by atoms with Crippen molar-refractivity contribution in [1.82, 2.24) is 9.80 Å². The monoisotopic (exact) mass is 391 g/mol. The fourth-order valence-electron chi connectivity index (χ4n) is 3.76. The van der Waals surface area contributed by atoms with Gasteiger partial charge in [-0.05, 0) is 30.0 Å². The second-order valence-corrected chi connectivity index (χ2v) is 7.72. The zero-order valence-electron chi connectivity index (χ0n) is 17.7. The maximum atomic E-state index is 12.5. The van der Waals surface area contributed by atoms with E-state index in [0.29, 0.717) is 6.42 Å². The van der Waals surface area contributed by atoms with Crippen LogP contribution in [-0.4, -0.2) is 55.0 Å². The number of amides is 1. The van der Waals surface area contributed by atoms with Crippen LogP contribution in [-0.2, 0) is 11.2 Å². The van der Waals surface area contributed by atoms with Crippen LogP contribution in [0.3, 0.4) is 0 Å². The number of para-hydroxylation sites is 1. The Hall–Kier alpha value is -2.43. The van der Waals surface area contributed by atoms with Gasteiger partial charge in [-0.25, -0.2) is 0 Å². The molecule has 4 nitrogen and oxygen atoms in total. The van der Waals surface area contributed by atoms with Gasteiger partial charge in [-0.15, -0.1) is 0 Å². The van der Waals surface area contributed by atoms with Crippen molar-refractivity contribution in [3.05, 3.63) is 71.3 Å². The Labute approximate surface area is 175 Å². The number of rotatable bonds is 8. The van der Waals surface area contributed by atoms with Gasteiger partial charge in [-0.1, -0.05) is 67.6 Å². The van der Waals surface area contributed by atoms with E-state index < -0.39 is 0 Å². The van der Waals surface area contributed by atoms with Gasteiger partial charge >= 0.3 is 0 Å². The Balaban J connectivity index is 1.38. The molecule has 2 aromatic carbocycles. The molecule has 0 aliphatic carbocycles. The maximum Gasteiger partial charge on any atom is 0.225 e. The number of hydrogen-bond donors (Lipinski definition) is 1. The lowest BCUT2D eigenvalue weighted by atomic mass is 10.1. The highest BCUT2D eigenvalue weighted by Gasteiger charge is 2.17. The summed E-state index contributed by atoms with van der Waals surface area (Å²) >= 11 is 0. The molecule has 0 unspecified atom stereocenters. The molecule has 29 heavy (non-hydrogen) atoms. The Morgan fingerprint density at radius 1 is 1.00 bits per heavy atom. The minimum absolute atomic E-state index is 0.113. The highest BCUT2D eigenvalue weighted by atomic mass is 16.1. The summed E-state index contributed by atoms with van der Waals surface area (Å²) in [4.78, 5) is 17.3. The second-order valence-electron chi connectivity index (χ2n) is 7.72. The van der Waals surface area contributed by atoms with Gasteiger partial charge in [0.2, 0.25) is 5.91 Å². The Kier molecular flexibility index (Phi) is 8.03. The van der Waals surface area contributed by atoms with Crippen molar-refractivity contribution < 1.29 is 4.79 Å². The molecule has 154 valence electrons. The number of carbonyl (C=O) groups excluding carboxylic acids is 1. The number of piperazine rings is 1. The summed E-state index contributed by atoms with van der Waals surface area (Å²) in [5.41, 5.74) is 4.58. The van der Waals surface area contributed by atoms with E-state index in [4.69, 9.17) is 0 Å². The van der Waals surface area contributed by atoms with E-state index in [1.165, 1.54) is 11.1 Å². The SMILES string of the molecule is CCc1cccc(C)c1NC(=O)CCN1CCN(C/C=C/c2ccccc2)CC1. The van der Waals surface area contributed by atoms with E-state index in [-0.39, 0.29) is 5.91 Å². The molecule has 1 aliphatic heterocycles. The summed E-state index contributed by atoms with van der Waals surface area (Å²) in [6.07, 6.45) is 5.90. The molecule has 0 atom stereocenters. The second kappa shape index (κ2) is 10.9. The molecule has 0 radical (unpaired) electrons. The van der Waals surface area contributed by atoms with Gasteiger partial charge in [-0.3, -0.25) is 9.69 Å². The third-order valence-electron chi connectivity index (χ3n) is 5.60. The van der Waals surface area contributed by atoms with Crippen molar-refractivity contribution in [1.29, 1.82) is 0 Å². The number of nitrogens with zero attached hydrogens (tertiary/aromatic N) is 2. The predicted octanol–water partition coefficient (Wildman–Crippen LogP) is 4.22. The Bertz CT molecular complexity index is 808. The summed E-state index contributed by atoms with van der Waals surface area (Å²) in [5.74, 6) is 0.113. The van der Waals surface area contributed by atoms with Gasteiger partial charge < -0.3 is 10.2 Å². The smallest absolute Gasteiger partial charge is 0.225 e. The van der Waals surface area contributed by atoms with Crippen molar-refractivity contribution in [2.75, 3.05) is 44.6 Å². The fraction of sp³-hybridized carbons (Fsp3) is 0.400. The fourth-order valence-corrected chi connectivity index (χ4v) is 3.76. The summed E-state index contributed by atoms with van der Waals surface area (Å²) in [5, 5.41) is 3.14. The van der Waals surface area contributed by atoms with Crippen LogP contribution in [0.15, 0.2) is 54.6 Å². The van der Waals surface area contributed by atoms with Gasteiger partial charge in [0.1, 0.15) is 0 Å². The number of hydrogen-bond acceptors (Lipinski definition) is 3. The zero-order valence-corrected chi connectivity index (χ0v) is 17.7. The first-order chi connectivity index (χ1) is 14.2. The maximum absolute atomic E-state index is 12.5. The van der Waals surface area contributed by atoms with E-state index in [1.54, 1.807) is 0 Å². The predicted molar refractivity (Wildman–Crippen MR) is 122 cm³/mol. The first-order valence-electron chi connectivity index (χ1n) is 10.7. The van der Waals surface area contributed by atoms with Crippen LogP contribution in [0.5, 0.6) is 0 Å². The summed E-state index contributed by atoms with van der Waals surface area (Å²) < 4.78 is 0. The van der Waals surface area contributed by atoms with Crippen molar-refractivity contribution >= 4 is 17.7 Å². The van der Waals surface area contributed by atoms with E-state index in [2.05, 4.69) is 83.6 Å². The molecule has 0 spiro atoms. The molecule has 1 N–H and O–H groups in total. The van der Waals surface area contributed by atoms with E-state index in [9.17, 15) is 4.79 Å². The lowest BCUT2D eigenvalue weighted by Crippen LogP contribution is -2.46. The van der Waals surface area contributed by atoms with Crippen LogP contribution in [0.2, 0.25) is 0 Å². The molecule has 1 amide bonds. The molecule has 2 aromatic rings. The first kappa shape index (κ1) is 21.3. The molecule has 0 bridgehead atoms. The zero-order chi connectivity index (χ0) is 20.5. The number of benzene rings is 2. The molecular weight excluding hydrogens is 358 g/mol. The van der Waals surface area contributed by atoms with Crippen LogP contribution in [0.4, 0.5) is 5.69 Å². The minimum Gasteiger partial charge on any atom is -0.326 e. The van der Waals surface area contributed by atoms with Crippen LogP contribution in [0, 0.1) is 6.92 Å². The van der Waals surface area contributed by atoms with Crippen molar-refractivity contribution in [3.63, 3.8) is 0 Å². The summed E-state index contributed by atoms with van der Waals surface area (Å²) in [7, 11) is 0. The molecule has 1 saturated heterocycles. The average molecular weight is 392 g/mol. The molecule has 0 aromatic heterocycles. The molecule has 4 heteroatoms. The number of anilines is 1. The summed E-state index contributed by atoms with van der Waals surface area (Å²) in [6.45, 7) is 10.1. The van der Waals surface area contributed by atoms with Crippen LogP contribution in [0.25, 0.3) is 6.08 Å². The highest BCUT2D eigenvalue weighted by molar-refractivity contribution is 5.92. The van der Waals surface area contributed by atoms with Crippen LogP contribution < -0.4 is 5.32 Å².